The van der Waals surface area contributed by atoms with Crippen LogP contribution in [0.25, 0.3) is 33.9 Å². The molecule has 0 saturated carbocycles. The fourth-order valence-electron chi connectivity index (χ4n) is 2.63. The van der Waals surface area contributed by atoms with Gasteiger partial charge in [0.2, 0.25) is 0 Å². The summed E-state index contributed by atoms with van der Waals surface area (Å²) in [6, 6.07) is 10.0. The second kappa shape index (κ2) is 6.67. The van der Waals surface area contributed by atoms with Crippen LogP contribution in [0.2, 0.25) is 0 Å². The molecule has 136 valence electrons. The Bertz CT molecular complexity index is 1080. The topological polar surface area (TPSA) is 96.4 Å². The Balaban J connectivity index is 1.92. The fraction of sp³-hybridized carbons (Fsp3) is 0.222. The minimum atomic E-state index is -0.293. The SMILES string of the molecule is CC(C)N(C)c1nc2nc(-c3nnn[nH]3)ccc2nc1-c1ccc(F)cc1. The Morgan fingerprint density at radius 3 is 2.44 bits per heavy atom. The van der Waals surface area contributed by atoms with E-state index in [0.717, 1.165) is 5.56 Å². The number of tetrazole rings is 1. The lowest BCUT2D eigenvalue weighted by molar-refractivity contribution is 0.628. The summed E-state index contributed by atoms with van der Waals surface area (Å²) in [5.41, 5.74) is 3.16. The highest BCUT2D eigenvalue weighted by Gasteiger charge is 2.18. The van der Waals surface area contributed by atoms with Crippen LogP contribution in [0.3, 0.4) is 0 Å². The van der Waals surface area contributed by atoms with Crippen LogP contribution >= 0.6 is 0 Å². The molecule has 0 spiro atoms. The van der Waals surface area contributed by atoms with Gasteiger partial charge in [-0.1, -0.05) is 0 Å². The van der Waals surface area contributed by atoms with E-state index in [9.17, 15) is 4.39 Å². The molecule has 3 aromatic heterocycles. The van der Waals surface area contributed by atoms with Crippen LogP contribution < -0.4 is 4.90 Å². The first-order valence-electron chi connectivity index (χ1n) is 8.44. The van der Waals surface area contributed by atoms with Gasteiger partial charge < -0.3 is 4.90 Å². The second-order valence-electron chi connectivity index (χ2n) is 6.40. The number of nitrogens with zero attached hydrogens (tertiary/aromatic N) is 7. The first-order valence-corrected chi connectivity index (χ1v) is 8.44. The number of fused-ring (bicyclic) bond motifs is 1. The van der Waals surface area contributed by atoms with Crippen molar-refractivity contribution >= 4 is 17.0 Å². The predicted octanol–water partition coefficient (Wildman–Crippen LogP) is 2.86. The van der Waals surface area contributed by atoms with Gasteiger partial charge in [0.25, 0.3) is 0 Å². The number of benzene rings is 1. The molecule has 4 rings (SSSR count). The van der Waals surface area contributed by atoms with E-state index in [1.54, 1.807) is 18.2 Å². The molecule has 0 unspecified atom stereocenters. The number of hydrogen-bond acceptors (Lipinski definition) is 7. The lowest BCUT2D eigenvalue weighted by Crippen LogP contribution is -2.27. The first-order chi connectivity index (χ1) is 13.0. The summed E-state index contributed by atoms with van der Waals surface area (Å²) in [6.45, 7) is 4.12. The number of pyridine rings is 1. The molecule has 0 radical (unpaired) electrons. The number of halogens is 1. The molecule has 8 nitrogen and oxygen atoms in total. The molecule has 0 bridgehead atoms. The summed E-state index contributed by atoms with van der Waals surface area (Å²) in [4.78, 5) is 16.0. The van der Waals surface area contributed by atoms with Crippen molar-refractivity contribution in [3.8, 4) is 22.8 Å². The Morgan fingerprint density at radius 2 is 1.78 bits per heavy atom. The Kier molecular flexibility index (Phi) is 4.19. The van der Waals surface area contributed by atoms with Crippen LogP contribution in [0.1, 0.15) is 13.8 Å². The molecular formula is C18H17FN8. The maximum Gasteiger partial charge on any atom is 0.198 e. The van der Waals surface area contributed by atoms with Crippen LogP contribution in [-0.4, -0.2) is 48.7 Å². The highest BCUT2D eigenvalue weighted by molar-refractivity contribution is 5.82. The van der Waals surface area contributed by atoms with Gasteiger partial charge in [-0.25, -0.2) is 24.4 Å². The highest BCUT2D eigenvalue weighted by Crippen LogP contribution is 2.30. The molecule has 3 heterocycles. The number of anilines is 1. The summed E-state index contributed by atoms with van der Waals surface area (Å²) in [5.74, 6) is 0.836. The van der Waals surface area contributed by atoms with Gasteiger partial charge in [-0.3, -0.25) is 0 Å². The number of nitrogens with one attached hydrogen (secondary N) is 1. The van der Waals surface area contributed by atoms with E-state index >= 15 is 0 Å². The molecule has 0 fully saturated rings. The molecule has 0 aliphatic heterocycles. The van der Waals surface area contributed by atoms with E-state index < -0.39 is 0 Å². The van der Waals surface area contributed by atoms with Gasteiger partial charge in [-0.15, -0.1) is 5.10 Å². The Hall–Kier alpha value is -3.49. The van der Waals surface area contributed by atoms with Gasteiger partial charge >= 0.3 is 0 Å². The van der Waals surface area contributed by atoms with E-state index in [2.05, 4.69) is 39.5 Å². The number of rotatable bonds is 4. The average Bonchev–Trinajstić information content (AvgIpc) is 3.21. The number of aromatic amines is 1. The predicted molar refractivity (Wildman–Crippen MR) is 99.4 cm³/mol. The lowest BCUT2D eigenvalue weighted by Gasteiger charge is -2.24. The third-order valence-electron chi connectivity index (χ3n) is 4.32. The number of H-pyrrole nitrogens is 1. The normalized spacial score (nSPS) is 11.3. The van der Waals surface area contributed by atoms with E-state index in [4.69, 9.17) is 9.97 Å². The van der Waals surface area contributed by atoms with Gasteiger partial charge in [0.1, 0.15) is 22.7 Å². The average molecular weight is 364 g/mol. The summed E-state index contributed by atoms with van der Waals surface area (Å²) in [6.07, 6.45) is 0. The summed E-state index contributed by atoms with van der Waals surface area (Å²) < 4.78 is 13.3. The van der Waals surface area contributed by atoms with Gasteiger partial charge in [0, 0.05) is 18.7 Å². The maximum absolute atomic E-state index is 13.3. The molecule has 0 aliphatic carbocycles. The van der Waals surface area contributed by atoms with Crippen LogP contribution in [0.15, 0.2) is 36.4 Å². The molecule has 0 amide bonds. The Labute approximate surface area is 154 Å². The quantitative estimate of drug-likeness (QED) is 0.595. The molecule has 4 aromatic rings. The van der Waals surface area contributed by atoms with E-state index in [0.29, 0.717) is 34.2 Å². The van der Waals surface area contributed by atoms with Crippen molar-refractivity contribution in [2.75, 3.05) is 11.9 Å². The standard InChI is InChI=1S/C18H17FN8/c1-10(2)27(3)18-15(11-4-6-12(19)7-5-11)20-13-8-9-14(21-16(13)22-18)17-23-25-26-24-17/h4-10H,1-3H3,(H,23,24,25,26). The lowest BCUT2D eigenvalue weighted by atomic mass is 10.1. The van der Waals surface area contributed by atoms with Crippen LogP contribution in [0.5, 0.6) is 0 Å². The second-order valence-corrected chi connectivity index (χ2v) is 6.40. The van der Waals surface area contributed by atoms with Crippen LogP contribution in [-0.2, 0) is 0 Å². The van der Waals surface area contributed by atoms with Gasteiger partial charge in [0.15, 0.2) is 17.3 Å². The molecule has 0 atom stereocenters. The van der Waals surface area contributed by atoms with Crippen molar-refractivity contribution in [2.45, 2.75) is 19.9 Å². The zero-order valence-electron chi connectivity index (χ0n) is 15.0. The summed E-state index contributed by atoms with van der Waals surface area (Å²) in [5, 5.41) is 13.7. The van der Waals surface area contributed by atoms with Crippen LogP contribution in [0.4, 0.5) is 10.2 Å². The maximum atomic E-state index is 13.3. The summed E-state index contributed by atoms with van der Waals surface area (Å²) >= 11 is 0. The summed E-state index contributed by atoms with van der Waals surface area (Å²) in [7, 11) is 1.94. The van der Waals surface area contributed by atoms with Crippen molar-refractivity contribution in [3.05, 3.63) is 42.2 Å². The van der Waals surface area contributed by atoms with Gasteiger partial charge in [-0.05, 0) is 60.7 Å². The van der Waals surface area contributed by atoms with Crippen molar-refractivity contribution in [1.82, 2.24) is 35.6 Å². The van der Waals surface area contributed by atoms with Crippen molar-refractivity contribution < 1.29 is 4.39 Å². The zero-order chi connectivity index (χ0) is 19.0. The van der Waals surface area contributed by atoms with E-state index in [-0.39, 0.29) is 11.9 Å². The molecular weight excluding hydrogens is 347 g/mol. The minimum Gasteiger partial charge on any atom is -0.355 e. The number of hydrogen-bond donors (Lipinski definition) is 1. The van der Waals surface area contributed by atoms with E-state index in [1.807, 2.05) is 18.0 Å². The van der Waals surface area contributed by atoms with Crippen molar-refractivity contribution in [1.29, 1.82) is 0 Å². The number of aromatic nitrogens is 7. The van der Waals surface area contributed by atoms with Crippen molar-refractivity contribution in [2.24, 2.45) is 0 Å². The molecule has 9 heteroatoms. The molecule has 1 aromatic carbocycles. The minimum absolute atomic E-state index is 0.192. The van der Waals surface area contributed by atoms with Gasteiger partial charge in [-0.2, -0.15) is 0 Å². The zero-order valence-corrected chi connectivity index (χ0v) is 15.0. The molecule has 1 N–H and O–H groups in total. The fourth-order valence-corrected chi connectivity index (χ4v) is 2.63. The monoisotopic (exact) mass is 364 g/mol. The largest absolute Gasteiger partial charge is 0.355 e. The van der Waals surface area contributed by atoms with Gasteiger partial charge in [0.05, 0.1) is 0 Å². The molecule has 27 heavy (non-hydrogen) atoms. The Morgan fingerprint density at radius 1 is 1.00 bits per heavy atom. The third kappa shape index (κ3) is 3.19. The van der Waals surface area contributed by atoms with Crippen LogP contribution in [0, 0.1) is 5.82 Å². The smallest absolute Gasteiger partial charge is 0.198 e. The molecule has 0 aliphatic rings. The highest BCUT2D eigenvalue weighted by atomic mass is 19.1. The molecule has 0 saturated heterocycles. The van der Waals surface area contributed by atoms with E-state index in [1.165, 1.54) is 12.1 Å². The van der Waals surface area contributed by atoms with Crippen molar-refractivity contribution in [3.63, 3.8) is 0 Å². The first kappa shape index (κ1) is 17.0. The third-order valence-corrected chi connectivity index (χ3v) is 4.32.